The Kier molecular flexibility index (Phi) is 4.63. The van der Waals surface area contributed by atoms with Crippen molar-refractivity contribution in [2.75, 3.05) is 18.2 Å². The summed E-state index contributed by atoms with van der Waals surface area (Å²) in [5.74, 6) is 0.647. The third kappa shape index (κ3) is 3.74. The molecule has 0 aliphatic rings. The van der Waals surface area contributed by atoms with Crippen LogP contribution in [-0.2, 0) is 11.2 Å². The first kappa shape index (κ1) is 14.4. The first-order chi connectivity index (χ1) is 9.58. The van der Waals surface area contributed by atoms with E-state index in [1.807, 2.05) is 12.1 Å². The molecule has 104 valence electrons. The number of anilines is 2. The molecule has 0 bridgehead atoms. The highest BCUT2D eigenvalue weighted by molar-refractivity contribution is 9.10. The average molecular weight is 335 g/mol. The van der Waals surface area contributed by atoms with E-state index in [4.69, 9.17) is 10.5 Å². The molecular formula is C15H15BrN2O2. The lowest BCUT2D eigenvalue weighted by Gasteiger charge is -2.08. The van der Waals surface area contributed by atoms with Crippen molar-refractivity contribution >= 4 is 33.2 Å². The summed E-state index contributed by atoms with van der Waals surface area (Å²) in [4.78, 5) is 11.9. The van der Waals surface area contributed by atoms with Crippen molar-refractivity contribution < 1.29 is 9.53 Å². The molecule has 0 aliphatic heterocycles. The SMILES string of the molecule is COc1ccc(NC(=O)Cc2ccc(N)cc2)cc1Br. The van der Waals surface area contributed by atoms with Gasteiger partial charge in [0.2, 0.25) is 5.91 Å². The van der Waals surface area contributed by atoms with Crippen molar-refractivity contribution in [2.24, 2.45) is 0 Å². The zero-order chi connectivity index (χ0) is 14.5. The summed E-state index contributed by atoms with van der Waals surface area (Å²) in [6.45, 7) is 0. The molecule has 2 aromatic carbocycles. The van der Waals surface area contributed by atoms with Gasteiger partial charge in [-0.25, -0.2) is 0 Å². The van der Waals surface area contributed by atoms with E-state index >= 15 is 0 Å². The average Bonchev–Trinajstić information content (AvgIpc) is 2.41. The summed E-state index contributed by atoms with van der Waals surface area (Å²) in [6.07, 6.45) is 0.309. The number of carbonyl (C=O) groups excluding carboxylic acids is 1. The van der Waals surface area contributed by atoms with Crippen LogP contribution in [0, 0.1) is 0 Å². The van der Waals surface area contributed by atoms with Crippen molar-refractivity contribution in [3.05, 3.63) is 52.5 Å². The summed E-state index contributed by atoms with van der Waals surface area (Å²) in [6, 6.07) is 12.7. The van der Waals surface area contributed by atoms with Gasteiger partial charge < -0.3 is 15.8 Å². The molecule has 0 saturated carbocycles. The van der Waals surface area contributed by atoms with E-state index in [1.165, 1.54) is 0 Å². The van der Waals surface area contributed by atoms with Crippen LogP contribution >= 0.6 is 15.9 Å². The monoisotopic (exact) mass is 334 g/mol. The maximum Gasteiger partial charge on any atom is 0.228 e. The molecule has 1 amide bonds. The smallest absolute Gasteiger partial charge is 0.228 e. The zero-order valence-electron chi connectivity index (χ0n) is 11.0. The summed E-state index contributed by atoms with van der Waals surface area (Å²) in [7, 11) is 1.60. The van der Waals surface area contributed by atoms with Crippen LogP contribution in [0.3, 0.4) is 0 Å². The Morgan fingerprint density at radius 1 is 1.25 bits per heavy atom. The van der Waals surface area contributed by atoms with E-state index in [0.29, 0.717) is 12.1 Å². The third-order valence-corrected chi connectivity index (χ3v) is 3.40. The fourth-order valence-electron chi connectivity index (χ4n) is 1.77. The third-order valence-electron chi connectivity index (χ3n) is 2.78. The van der Waals surface area contributed by atoms with E-state index in [2.05, 4.69) is 21.2 Å². The predicted molar refractivity (Wildman–Crippen MR) is 83.9 cm³/mol. The molecular weight excluding hydrogens is 320 g/mol. The largest absolute Gasteiger partial charge is 0.496 e. The molecule has 0 aromatic heterocycles. The van der Waals surface area contributed by atoms with Gasteiger partial charge in [-0.2, -0.15) is 0 Å². The first-order valence-electron chi connectivity index (χ1n) is 6.06. The van der Waals surface area contributed by atoms with Crippen molar-refractivity contribution in [3.8, 4) is 5.75 Å². The van der Waals surface area contributed by atoms with E-state index in [1.54, 1.807) is 37.4 Å². The highest BCUT2D eigenvalue weighted by atomic mass is 79.9. The van der Waals surface area contributed by atoms with Crippen molar-refractivity contribution in [3.63, 3.8) is 0 Å². The highest BCUT2D eigenvalue weighted by Gasteiger charge is 2.06. The van der Waals surface area contributed by atoms with Crippen molar-refractivity contribution in [2.45, 2.75) is 6.42 Å². The minimum absolute atomic E-state index is 0.0770. The normalized spacial score (nSPS) is 10.1. The highest BCUT2D eigenvalue weighted by Crippen LogP contribution is 2.27. The number of nitrogens with one attached hydrogen (secondary N) is 1. The Morgan fingerprint density at radius 2 is 1.95 bits per heavy atom. The number of carbonyl (C=O) groups is 1. The van der Waals surface area contributed by atoms with Gasteiger partial charge in [0.15, 0.2) is 0 Å². The number of methoxy groups -OCH3 is 1. The lowest BCUT2D eigenvalue weighted by molar-refractivity contribution is -0.115. The first-order valence-corrected chi connectivity index (χ1v) is 6.85. The molecule has 0 atom stereocenters. The molecule has 2 aromatic rings. The lowest BCUT2D eigenvalue weighted by Crippen LogP contribution is -2.14. The molecule has 0 radical (unpaired) electrons. The standard InChI is InChI=1S/C15H15BrN2O2/c1-20-14-7-6-12(9-13(14)16)18-15(19)8-10-2-4-11(17)5-3-10/h2-7,9H,8,17H2,1H3,(H,18,19). The molecule has 5 heteroatoms. The summed E-state index contributed by atoms with van der Waals surface area (Å²) < 4.78 is 5.94. The second-order valence-corrected chi connectivity index (χ2v) is 5.17. The molecule has 2 rings (SSSR count). The van der Waals surface area contributed by atoms with Gasteiger partial charge in [-0.3, -0.25) is 4.79 Å². The predicted octanol–water partition coefficient (Wildman–Crippen LogP) is 3.22. The fourth-order valence-corrected chi connectivity index (χ4v) is 2.31. The van der Waals surface area contributed by atoms with Gasteiger partial charge in [0.1, 0.15) is 5.75 Å². The molecule has 3 N–H and O–H groups in total. The van der Waals surface area contributed by atoms with Crippen LogP contribution in [0.15, 0.2) is 46.9 Å². The number of ether oxygens (including phenoxy) is 1. The van der Waals surface area contributed by atoms with Crippen molar-refractivity contribution in [1.82, 2.24) is 0 Å². The molecule has 0 unspecified atom stereocenters. The van der Waals surface area contributed by atoms with E-state index in [0.717, 1.165) is 21.5 Å². The lowest BCUT2D eigenvalue weighted by atomic mass is 10.1. The Morgan fingerprint density at radius 3 is 2.55 bits per heavy atom. The topological polar surface area (TPSA) is 64.3 Å². The summed E-state index contributed by atoms with van der Waals surface area (Å²) in [5.41, 5.74) is 7.94. The van der Waals surface area contributed by atoms with Gasteiger partial charge in [0.25, 0.3) is 0 Å². The zero-order valence-corrected chi connectivity index (χ0v) is 12.6. The molecule has 4 nitrogen and oxygen atoms in total. The maximum atomic E-state index is 11.9. The van der Waals surface area contributed by atoms with Crippen LogP contribution in [0.5, 0.6) is 5.75 Å². The summed E-state index contributed by atoms with van der Waals surface area (Å²) in [5, 5.41) is 2.84. The Hall–Kier alpha value is -2.01. The van der Waals surface area contributed by atoms with E-state index in [-0.39, 0.29) is 5.91 Å². The number of rotatable bonds is 4. The van der Waals surface area contributed by atoms with Crippen LogP contribution in [-0.4, -0.2) is 13.0 Å². The molecule has 0 saturated heterocycles. The Bertz CT molecular complexity index is 612. The minimum atomic E-state index is -0.0770. The minimum Gasteiger partial charge on any atom is -0.496 e. The number of nitrogen functional groups attached to an aromatic ring is 1. The Balaban J connectivity index is 2.01. The molecule has 0 heterocycles. The molecule has 0 fully saturated rings. The van der Waals surface area contributed by atoms with Crippen LogP contribution in [0.25, 0.3) is 0 Å². The second kappa shape index (κ2) is 6.43. The number of hydrogen-bond acceptors (Lipinski definition) is 3. The van der Waals surface area contributed by atoms with E-state index < -0.39 is 0 Å². The second-order valence-electron chi connectivity index (χ2n) is 4.32. The number of nitrogens with two attached hydrogens (primary N) is 1. The number of amides is 1. The van der Waals surface area contributed by atoms with Gasteiger partial charge in [-0.15, -0.1) is 0 Å². The quantitative estimate of drug-likeness (QED) is 0.843. The van der Waals surface area contributed by atoms with Gasteiger partial charge in [-0.1, -0.05) is 12.1 Å². The number of halogens is 1. The number of hydrogen-bond donors (Lipinski definition) is 2. The van der Waals surface area contributed by atoms with Gasteiger partial charge in [0, 0.05) is 11.4 Å². The van der Waals surface area contributed by atoms with Crippen LogP contribution < -0.4 is 15.8 Å². The summed E-state index contributed by atoms with van der Waals surface area (Å²) >= 11 is 3.38. The molecule has 0 spiro atoms. The van der Waals surface area contributed by atoms with Gasteiger partial charge in [0.05, 0.1) is 18.0 Å². The van der Waals surface area contributed by atoms with Gasteiger partial charge in [-0.05, 0) is 51.8 Å². The van der Waals surface area contributed by atoms with Crippen LogP contribution in [0.2, 0.25) is 0 Å². The van der Waals surface area contributed by atoms with Crippen molar-refractivity contribution in [1.29, 1.82) is 0 Å². The van der Waals surface area contributed by atoms with E-state index in [9.17, 15) is 4.79 Å². The molecule has 0 aliphatic carbocycles. The Labute approximate surface area is 126 Å². The van der Waals surface area contributed by atoms with Gasteiger partial charge >= 0.3 is 0 Å². The fraction of sp³-hybridized carbons (Fsp3) is 0.133. The number of benzene rings is 2. The molecule has 20 heavy (non-hydrogen) atoms. The van der Waals surface area contributed by atoms with Crippen LogP contribution in [0.4, 0.5) is 11.4 Å². The van der Waals surface area contributed by atoms with Crippen LogP contribution in [0.1, 0.15) is 5.56 Å². The maximum absolute atomic E-state index is 11.9.